The molecule has 0 radical (unpaired) electrons. The highest BCUT2D eigenvalue weighted by Crippen LogP contribution is 2.59. The first-order valence-electron chi connectivity index (χ1n) is 10.9. The van der Waals surface area contributed by atoms with E-state index in [9.17, 15) is 22.4 Å². The van der Waals surface area contributed by atoms with Crippen LogP contribution in [0.4, 0.5) is 23.4 Å². The molecule has 0 aliphatic heterocycles. The van der Waals surface area contributed by atoms with Crippen molar-refractivity contribution in [3.63, 3.8) is 0 Å². The Morgan fingerprint density at radius 1 is 1.14 bits per heavy atom. The Hall–Kier alpha value is -4.16. The summed E-state index contributed by atoms with van der Waals surface area (Å²) in [6.07, 6.45) is 0.173. The minimum absolute atomic E-state index is 0.0912. The summed E-state index contributed by atoms with van der Waals surface area (Å²) < 4.78 is 59.2. The molecule has 0 saturated heterocycles. The van der Waals surface area contributed by atoms with Gasteiger partial charge < -0.3 is 9.84 Å². The van der Waals surface area contributed by atoms with Gasteiger partial charge in [-0.1, -0.05) is 17.3 Å². The number of amides is 1. The maximum atomic E-state index is 14.7. The van der Waals surface area contributed by atoms with Crippen molar-refractivity contribution >= 4 is 11.7 Å². The summed E-state index contributed by atoms with van der Waals surface area (Å²) in [6.45, 7) is 0. The molecule has 1 fully saturated rings. The quantitative estimate of drug-likeness (QED) is 0.384. The number of anilines is 1. The molecule has 4 aromatic rings. The van der Waals surface area contributed by atoms with Crippen molar-refractivity contribution in [2.24, 2.45) is 7.05 Å². The van der Waals surface area contributed by atoms with Gasteiger partial charge in [0.15, 0.2) is 11.6 Å². The van der Waals surface area contributed by atoms with Crippen molar-refractivity contribution in [2.75, 3.05) is 5.32 Å². The van der Waals surface area contributed by atoms with Crippen molar-refractivity contribution in [3.8, 4) is 11.1 Å². The number of nitrogens with one attached hydrogen (secondary N) is 1. The molecule has 36 heavy (non-hydrogen) atoms. The number of nitrogens with zero attached hydrogens (tertiary/aromatic N) is 6. The van der Waals surface area contributed by atoms with E-state index in [1.165, 1.54) is 16.9 Å². The van der Waals surface area contributed by atoms with Crippen LogP contribution in [0.1, 0.15) is 35.7 Å². The van der Waals surface area contributed by atoms with Crippen molar-refractivity contribution in [1.82, 2.24) is 30.1 Å². The normalized spacial score (nSPS) is 14.6. The molecule has 13 heteroatoms. The number of hydrogen-bond acceptors (Lipinski definition) is 7. The van der Waals surface area contributed by atoms with E-state index in [0.29, 0.717) is 29.1 Å². The van der Waals surface area contributed by atoms with Crippen molar-refractivity contribution in [2.45, 2.75) is 37.3 Å². The van der Waals surface area contributed by atoms with Gasteiger partial charge in [-0.3, -0.25) is 4.79 Å². The van der Waals surface area contributed by atoms with Gasteiger partial charge >= 0.3 is 6.18 Å². The summed E-state index contributed by atoms with van der Waals surface area (Å²) >= 11 is 0. The predicted octanol–water partition coefficient (Wildman–Crippen LogP) is 3.77. The lowest BCUT2D eigenvalue weighted by atomic mass is 10.0. The first-order chi connectivity index (χ1) is 17.1. The fraction of sp³-hybridized carbons (Fsp3) is 0.304. The van der Waals surface area contributed by atoms with E-state index in [1.807, 2.05) is 0 Å². The Morgan fingerprint density at radius 3 is 2.50 bits per heavy atom. The maximum Gasteiger partial charge on any atom is 0.401 e. The van der Waals surface area contributed by atoms with E-state index < -0.39 is 23.3 Å². The van der Waals surface area contributed by atoms with E-state index >= 15 is 0 Å². The molecule has 1 N–H and O–H groups in total. The molecule has 0 atom stereocenters. The summed E-state index contributed by atoms with van der Waals surface area (Å²) in [5.74, 6) is -1.23. The average Bonchev–Trinajstić information content (AvgIpc) is 3.37. The molecule has 1 aliphatic carbocycles. The zero-order valence-electron chi connectivity index (χ0n) is 18.9. The van der Waals surface area contributed by atoms with Gasteiger partial charge in [0.1, 0.15) is 17.1 Å². The highest BCUT2D eigenvalue weighted by atomic mass is 19.4. The van der Waals surface area contributed by atoms with Crippen LogP contribution < -0.4 is 5.32 Å². The fourth-order valence-corrected chi connectivity index (χ4v) is 3.81. The number of carbonyl (C=O) groups excluding carboxylic acids is 1. The lowest BCUT2D eigenvalue weighted by Crippen LogP contribution is -2.28. The number of aromatic nitrogens is 6. The Balaban J connectivity index is 1.22. The highest BCUT2D eigenvalue weighted by Gasteiger charge is 2.66. The van der Waals surface area contributed by atoms with Gasteiger partial charge in [0, 0.05) is 31.1 Å². The highest BCUT2D eigenvalue weighted by molar-refractivity contribution is 5.91. The minimum Gasteiger partial charge on any atom is -0.358 e. The molecule has 0 unspecified atom stereocenters. The number of benzene rings is 1. The second-order valence-electron chi connectivity index (χ2n) is 8.58. The molecular weight excluding hydrogens is 482 g/mol. The third-order valence-electron chi connectivity index (χ3n) is 5.97. The number of hydrogen-bond donors (Lipinski definition) is 1. The van der Waals surface area contributed by atoms with E-state index in [2.05, 4.69) is 30.6 Å². The number of aryl methyl sites for hydroxylation is 1. The Kier molecular flexibility index (Phi) is 5.77. The largest absolute Gasteiger partial charge is 0.401 e. The molecule has 1 aromatic carbocycles. The number of alkyl halides is 3. The third-order valence-corrected chi connectivity index (χ3v) is 5.97. The van der Waals surface area contributed by atoms with Crippen molar-refractivity contribution in [3.05, 3.63) is 71.5 Å². The van der Waals surface area contributed by atoms with Gasteiger partial charge in [-0.2, -0.15) is 28.2 Å². The first kappa shape index (κ1) is 23.6. The van der Waals surface area contributed by atoms with Crippen LogP contribution in [0.3, 0.4) is 0 Å². The molecule has 0 spiro atoms. The smallest absolute Gasteiger partial charge is 0.358 e. The molecule has 1 saturated carbocycles. The Bertz CT molecular complexity index is 1410. The summed E-state index contributed by atoms with van der Waals surface area (Å²) in [5, 5.41) is 14.0. The van der Waals surface area contributed by atoms with Gasteiger partial charge in [0.05, 0.1) is 24.7 Å². The predicted molar refractivity (Wildman–Crippen MR) is 117 cm³/mol. The second kappa shape index (κ2) is 8.81. The molecule has 0 bridgehead atoms. The lowest BCUT2D eigenvalue weighted by Gasteiger charge is -2.14. The molecule has 1 aliphatic rings. The summed E-state index contributed by atoms with van der Waals surface area (Å²) in [6, 6.07) is 5.40. The fourth-order valence-electron chi connectivity index (χ4n) is 3.81. The topological polar surface area (TPSA) is 112 Å². The molecule has 5 rings (SSSR count). The van der Waals surface area contributed by atoms with Gasteiger partial charge in [-0.15, -0.1) is 0 Å². The van der Waals surface area contributed by atoms with Gasteiger partial charge in [0.2, 0.25) is 5.91 Å². The van der Waals surface area contributed by atoms with E-state index in [1.54, 1.807) is 31.7 Å². The van der Waals surface area contributed by atoms with E-state index in [4.69, 9.17) is 4.52 Å². The molecule has 186 valence electrons. The van der Waals surface area contributed by atoms with Gasteiger partial charge in [-0.05, 0) is 30.0 Å². The lowest BCUT2D eigenvalue weighted by molar-refractivity contribution is -0.165. The van der Waals surface area contributed by atoms with Crippen LogP contribution in [0.5, 0.6) is 0 Å². The third kappa shape index (κ3) is 4.68. The van der Waals surface area contributed by atoms with Gasteiger partial charge in [0.25, 0.3) is 0 Å². The molecule has 9 nitrogen and oxygen atoms in total. The van der Waals surface area contributed by atoms with Crippen LogP contribution in [0.15, 0.2) is 47.4 Å². The number of carbonyl (C=O) groups is 1. The van der Waals surface area contributed by atoms with Crippen molar-refractivity contribution < 1.29 is 26.9 Å². The van der Waals surface area contributed by atoms with Crippen LogP contribution in [-0.2, 0) is 30.1 Å². The molecule has 3 heterocycles. The second-order valence-corrected chi connectivity index (χ2v) is 8.58. The van der Waals surface area contributed by atoms with Crippen LogP contribution in [0.25, 0.3) is 11.1 Å². The molecular formula is C23H19F4N7O2. The summed E-state index contributed by atoms with van der Waals surface area (Å²) in [4.78, 5) is 22.3. The monoisotopic (exact) mass is 501 g/mol. The minimum atomic E-state index is -4.46. The summed E-state index contributed by atoms with van der Waals surface area (Å²) in [7, 11) is 1.71. The zero-order valence-corrected chi connectivity index (χ0v) is 18.9. The van der Waals surface area contributed by atoms with Crippen LogP contribution in [-0.4, -0.2) is 42.2 Å². The van der Waals surface area contributed by atoms with Crippen molar-refractivity contribution in [1.29, 1.82) is 0 Å². The number of halogens is 4. The number of rotatable bonds is 7. The van der Waals surface area contributed by atoms with Crippen LogP contribution in [0, 0.1) is 5.82 Å². The standard InChI is InChI=1S/C23H19F4N7O2/c1-34-30-12-16(32-34)8-19-28-10-15(11-29-19)13-2-3-14(17(24)6-13)7-21(35)31-20-9-18(36-33-20)22(4-5-22)23(25,26)27/h2-3,6,9-12H,4-5,7-8H2,1H3,(H,31,33,35). The van der Waals surface area contributed by atoms with Crippen LogP contribution >= 0.6 is 0 Å². The average molecular weight is 501 g/mol. The zero-order chi connectivity index (χ0) is 25.5. The van der Waals surface area contributed by atoms with E-state index in [-0.39, 0.29) is 36.4 Å². The Morgan fingerprint density at radius 2 is 1.89 bits per heavy atom. The van der Waals surface area contributed by atoms with Gasteiger partial charge in [-0.25, -0.2) is 14.4 Å². The Labute approximate surface area is 201 Å². The van der Waals surface area contributed by atoms with Crippen LogP contribution in [0.2, 0.25) is 0 Å². The summed E-state index contributed by atoms with van der Waals surface area (Å²) in [5.41, 5.74) is -0.114. The first-order valence-corrected chi connectivity index (χ1v) is 10.9. The van der Waals surface area contributed by atoms with E-state index in [0.717, 1.165) is 6.07 Å². The molecule has 3 aromatic heterocycles. The maximum absolute atomic E-state index is 14.7. The molecule has 1 amide bonds. The SMILES string of the molecule is Cn1ncc(Cc2ncc(-c3ccc(CC(=O)Nc4cc(C5(C(F)(F)F)CC5)on4)c(F)c3)cn2)n1.